The number of aliphatic hydroxyl groups is 6. The summed E-state index contributed by atoms with van der Waals surface area (Å²) in [7, 11) is 0. The number of hydrogen-bond acceptors (Lipinski definition) is 13. The molecule has 2 aliphatic rings. The van der Waals surface area contributed by atoms with Crippen LogP contribution in [0.15, 0.2) is 51.7 Å². The highest BCUT2D eigenvalue weighted by Crippen LogP contribution is 2.43. The third kappa shape index (κ3) is 4.96. The number of benzene rings is 2. The molecule has 5 rings (SSSR count). The second-order valence-electron chi connectivity index (χ2n) is 9.94. The molecule has 0 bridgehead atoms. The predicted octanol–water partition coefficient (Wildman–Crippen LogP) is -0.762. The standard InChI is InChI=1S/C27H30O13/c1-10-19(32)21(34)23(36)27(37-10)40-26-22(35)20(33)17(9-28)39-25(26)18-14(30)7-6-13-15(31)8-16(38-24(13)18)11-2-4-12(29)5-3-11/h2-8,10,17,19-23,25-30,32-36H,9H2,1H3/t10-,17+,19-,20+,21+,22-,23+,25-,26+,27-/m0/s1. The van der Waals surface area contributed by atoms with Crippen molar-refractivity contribution in [3.8, 4) is 22.8 Å². The van der Waals surface area contributed by atoms with E-state index >= 15 is 0 Å². The molecule has 216 valence electrons. The van der Waals surface area contributed by atoms with Crippen LogP contribution in [0.3, 0.4) is 0 Å². The van der Waals surface area contributed by atoms with Gasteiger partial charge in [0, 0.05) is 11.6 Å². The molecule has 3 heterocycles. The molecule has 1 aromatic heterocycles. The highest BCUT2D eigenvalue weighted by molar-refractivity contribution is 5.84. The van der Waals surface area contributed by atoms with Crippen molar-refractivity contribution < 1.29 is 59.5 Å². The van der Waals surface area contributed by atoms with Gasteiger partial charge in [0.1, 0.15) is 71.7 Å². The summed E-state index contributed by atoms with van der Waals surface area (Å²) < 4.78 is 23.2. The molecule has 10 atom stereocenters. The summed E-state index contributed by atoms with van der Waals surface area (Å²) in [6.45, 7) is 0.689. The lowest BCUT2D eigenvalue weighted by atomic mass is 9.89. The largest absolute Gasteiger partial charge is 0.508 e. The van der Waals surface area contributed by atoms with Crippen LogP contribution < -0.4 is 5.43 Å². The first-order valence-corrected chi connectivity index (χ1v) is 12.6. The van der Waals surface area contributed by atoms with Crippen molar-refractivity contribution in [2.24, 2.45) is 0 Å². The number of ether oxygens (including phenoxy) is 3. The Morgan fingerprint density at radius 2 is 1.55 bits per heavy atom. The first-order chi connectivity index (χ1) is 19.0. The molecule has 40 heavy (non-hydrogen) atoms. The number of hydrogen-bond donors (Lipinski definition) is 8. The molecule has 0 spiro atoms. The fourth-order valence-corrected chi connectivity index (χ4v) is 5.03. The maximum absolute atomic E-state index is 13.1. The molecule has 0 unspecified atom stereocenters. The lowest BCUT2D eigenvalue weighted by Gasteiger charge is -2.46. The average Bonchev–Trinajstić information content (AvgIpc) is 2.93. The van der Waals surface area contributed by atoms with Crippen molar-refractivity contribution in [2.75, 3.05) is 6.61 Å². The highest BCUT2D eigenvalue weighted by atomic mass is 16.7. The highest BCUT2D eigenvalue weighted by Gasteiger charge is 2.51. The van der Waals surface area contributed by atoms with Crippen LogP contribution in [-0.2, 0) is 14.2 Å². The normalized spacial score (nSPS) is 34.7. The van der Waals surface area contributed by atoms with E-state index in [2.05, 4.69) is 0 Å². The summed E-state index contributed by atoms with van der Waals surface area (Å²) in [5.74, 6) is -0.373. The fraction of sp³-hybridized carbons (Fsp3) is 0.444. The van der Waals surface area contributed by atoms with Crippen molar-refractivity contribution in [3.63, 3.8) is 0 Å². The van der Waals surface area contributed by atoms with Crippen LogP contribution in [0.25, 0.3) is 22.3 Å². The zero-order valence-corrected chi connectivity index (χ0v) is 21.1. The maximum Gasteiger partial charge on any atom is 0.193 e. The number of phenols is 2. The average molecular weight is 563 g/mol. The van der Waals surface area contributed by atoms with Gasteiger partial charge >= 0.3 is 0 Å². The number of rotatable bonds is 5. The number of fused-ring (bicyclic) bond motifs is 1. The third-order valence-electron chi connectivity index (χ3n) is 7.32. The Hall–Kier alpha value is -3.11. The fourth-order valence-electron chi connectivity index (χ4n) is 5.03. The molecule has 13 heteroatoms. The van der Waals surface area contributed by atoms with Crippen LogP contribution >= 0.6 is 0 Å². The summed E-state index contributed by atoms with van der Waals surface area (Å²) >= 11 is 0. The second kappa shape index (κ2) is 11.0. The molecule has 2 saturated heterocycles. The van der Waals surface area contributed by atoms with E-state index in [1.807, 2.05) is 0 Å². The van der Waals surface area contributed by atoms with Gasteiger partial charge in [-0.25, -0.2) is 0 Å². The molecule has 0 aliphatic carbocycles. The molecule has 2 aromatic carbocycles. The Balaban J connectivity index is 1.63. The van der Waals surface area contributed by atoms with E-state index in [0.29, 0.717) is 5.56 Å². The summed E-state index contributed by atoms with van der Waals surface area (Å²) in [5, 5.41) is 82.8. The van der Waals surface area contributed by atoms with Gasteiger partial charge in [-0.05, 0) is 43.3 Å². The molecule has 2 aliphatic heterocycles. The number of aromatic hydroxyl groups is 2. The molecule has 8 N–H and O–H groups in total. The van der Waals surface area contributed by atoms with Gasteiger partial charge in [-0.2, -0.15) is 0 Å². The SMILES string of the molecule is C[C@@H]1O[C@@H](O[C@@H]2[C@@H](O)[C@H](O)[C@@H](CO)O[C@H]2c2c(O)ccc3c(=O)cc(-c4ccc(O)cc4)oc23)[C@H](O)[C@H](O)[C@H]1O. The van der Waals surface area contributed by atoms with E-state index in [1.54, 1.807) is 0 Å². The van der Waals surface area contributed by atoms with E-state index in [4.69, 9.17) is 18.6 Å². The zero-order chi connectivity index (χ0) is 28.9. The van der Waals surface area contributed by atoms with Gasteiger partial charge in [0.25, 0.3) is 0 Å². The summed E-state index contributed by atoms with van der Waals surface area (Å²) in [5.41, 5.74) is -0.380. The second-order valence-corrected chi connectivity index (χ2v) is 9.94. The minimum Gasteiger partial charge on any atom is -0.508 e. The monoisotopic (exact) mass is 562 g/mol. The Labute approximate surface area is 226 Å². The lowest BCUT2D eigenvalue weighted by Crippen LogP contribution is -2.61. The Morgan fingerprint density at radius 3 is 2.23 bits per heavy atom. The van der Waals surface area contributed by atoms with Crippen LogP contribution in [0.5, 0.6) is 11.5 Å². The molecule has 2 fully saturated rings. The van der Waals surface area contributed by atoms with E-state index in [1.165, 1.54) is 49.4 Å². The molecule has 3 aromatic rings. The van der Waals surface area contributed by atoms with Crippen LogP contribution in [0.2, 0.25) is 0 Å². The number of phenolic OH excluding ortho intramolecular Hbond substituents is 2. The summed E-state index contributed by atoms with van der Waals surface area (Å²) in [6.07, 6.45) is -15.4. The van der Waals surface area contributed by atoms with Crippen molar-refractivity contribution >= 4 is 11.0 Å². The van der Waals surface area contributed by atoms with E-state index in [0.717, 1.165) is 0 Å². The van der Waals surface area contributed by atoms with Crippen molar-refractivity contribution in [2.45, 2.75) is 68.1 Å². The molecule has 0 amide bonds. The predicted molar refractivity (Wildman–Crippen MR) is 135 cm³/mol. The first kappa shape index (κ1) is 28.4. The van der Waals surface area contributed by atoms with Crippen LogP contribution in [-0.4, -0.2) is 103 Å². The topological polar surface area (TPSA) is 220 Å². The van der Waals surface area contributed by atoms with Crippen molar-refractivity contribution in [1.82, 2.24) is 0 Å². The van der Waals surface area contributed by atoms with Gasteiger partial charge in [-0.15, -0.1) is 0 Å². The minimum atomic E-state index is -1.78. The summed E-state index contributed by atoms with van der Waals surface area (Å²) in [6, 6.07) is 9.55. The first-order valence-electron chi connectivity index (χ1n) is 12.6. The van der Waals surface area contributed by atoms with Crippen LogP contribution in [0.1, 0.15) is 18.6 Å². The van der Waals surface area contributed by atoms with Crippen LogP contribution in [0.4, 0.5) is 0 Å². The van der Waals surface area contributed by atoms with Gasteiger partial charge in [0.05, 0.1) is 23.7 Å². The quantitative estimate of drug-likeness (QED) is 0.192. The maximum atomic E-state index is 13.1. The molecule has 13 nitrogen and oxygen atoms in total. The van der Waals surface area contributed by atoms with Crippen LogP contribution in [0, 0.1) is 0 Å². The van der Waals surface area contributed by atoms with E-state index in [9.17, 15) is 45.6 Å². The summed E-state index contributed by atoms with van der Waals surface area (Å²) in [4.78, 5) is 13.1. The van der Waals surface area contributed by atoms with Gasteiger partial charge in [-0.1, -0.05) is 0 Å². The zero-order valence-electron chi connectivity index (χ0n) is 21.1. The molecular formula is C27H30O13. The third-order valence-corrected chi connectivity index (χ3v) is 7.32. The van der Waals surface area contributed by atoms with Crippen molar-refractivity contribution in [3.05, 3.63) is 58.3 Å². The minimum absolute atomic E-state index is 0.0116. The van der Waals surface area contributed by atoms with E-state index < -0.39 is 79.0 Å². The lowest BCUT2D eigenvalue weighted by molar-refractivity contribution is -0.338. The Kier molecular flexibility index (Phi) is 7.85. The van der Waals surface area contributed by atoms with Gasteiger partial charge < -0.3 is 59.5 Å². The number of aliphatic hydroxyl groups excluding tert-OH is 6. The van der Waals surface area contributed by atoms with E-state index in [-0.39, 0.29) is 28.0 Å². The molecule has 0 saturated carbocycles. The molecule has 0 radical (unpaired) electrons. The molecular weight excluding hydrogens is 532 g/mol. The van der Waals surface area contributed by atoms with Crippen molar-refractivity contribution in [1.29, 1.82) is 0 Å². The Morgan fingerprint density at radius 1 is 0.850 bits per heavy atom. The van der Waals surface area contributed by atoms with Gasteiger partial charge in [0.2, 0.25) is 0 Å². The van der Waals surface area contributed by atoms with Gasteiger partial charge in [-0.3, -0.25) is 4.79 Å². The Bertz CT molecular complexity index is 1410. The van der Waals surface area contributed by atoms with Gasteiger partial charge in [0.15, 0.2) is 11.7 Å². The smallest absolute Gasteiger partial charge is 0.193 e.